The number of alkyl halides is 3. The van der Waals surface area contributed by atoms with Crippen LogP contribution >= 0.6 is 0 Å². The molecule has 0 atom stereocenters. The van der Waals surface area contributed by atoms with Gasteiger partial charge in [-0.3, -0.25) is 15.5 Å². The topological polar surface area (TPSA) is 67.5 Å². The van der Waals surface area contributed by atoms with Crippen LogP contribution in [0.5, 0.6) is 0 Å². The maximum atomic E-state index is 12.3. The van der Waals surface area contributed by atoms with E-state index in [1.807, 2.05) is 0 Å². The molecule has 0 saturated carbocycles. The summed E-state index contributed by atoms with van der Waals surface area (Å²) in [6.45, 7) is 3.23. The Kier molecular flexibility index (Phi) is 3.66. The van der Waals surface area contributed by atoms with E-state index >= 15 is 0 Å². The van der Waals surface area contributed by atoms with Crippen molar-refractivity contribution in [3.8, 4) is 0 Å². The summed E-state index contributed by atoms with van der Waals surface area (Å²) in [5, 5.41) is 14.0. The molecule has 91 valence electrons. The van der Waals surface area contributed by atoms with Crippen LogP contribution in [0.3, 0.4) is 0 Å². The third-order valence-electron chi connectivity index (χ3n) is 1.80. The zero-order chi connectivity index (χ0) is 13.1. The summed E-state index contributed by atoms with van der Waals surface area (Å²) in [7, 11) is 0. The zero-order valence-electron chi connectivity index (χ0n) is 8.36. The molecule has 0 fully saturated rings. The third kappa shape index (κ3) is 3.16. The minimum absolute atomic E-state index is 0.136. The Morgan fingerprint density at radius 3 is 2.59 bits per heavy atom. The summed E-state index contributed by atoms with van der Waals surface area (Å²) in [4.78, 5) is 9.67. The fourth-order valence-electron chi connectivity index (χ4n) is 1.07. The maximum absolute atomic E-state index is 12.3. The number of nitrogens with zero attached hydrogens (tertiary/aromatic N) is 2. The Labute approximate surface area is 94.1 Å². The molecule has 0 bridgehead atoms. The molecule has 1 N–H and O–H groups in total. The van der Waals surface area contributed by atoms with Crippen molar-refractivity contribution in [3.05, 3.63) is 40.8 Å². The van der Waals surface area contributed by atoms with E-state index in [1.165, 1.54) is 0 Å². The Morgan fingerprint density at radius 1 is 1.47 bits per heavy atom. The van der Waals surface area contributed by atoms with E-state index < -0.39 is 22.4 Å². The lowest BCUT2D eigenvalue weighted by atomic mass is 10.1. The Bertz CT molecular complexity index is 457. The van der Waals surface area contributed by atoms with Crippen molar-refractivity contribution in [2.75, 3.05) is 5.43 Å². The van der Waals surface area contributed by atoms with Crippen LogP contribution in [0, 0.1) is 17.0 Å². The van der Waals surface area contributed by atoms with E-state index in [9.17, 15) is 23.3 Å². The van der Waals surface area contributed by atoms with Gasteiger partial charge in [0.15, 0.2) is 0 Å². The minimum Gasteiger partial charge on any atom is -0.272 e. The van der Waals surface area contributed by atoms with Crippen molar-refractivity contribution in [1.29, 1.82) is 0 Å². The highest BCUT2D eigenvalue weighted by atomic mass is 19.4. The monoisotopic (exact) mass is 246 g/mol. The SMILES string of the molecule is [CH2]/C=N/Nc1ccc(C(F)(F)F)cc1[N+](=O)[O-]. The van der Waals surface area contributed by atoms with Gasteiger partial charge in [0.05, 0.1) is 10.5 Å². The normalized spacial score (nSPS) is 11.8. The van der Waals surface area contributed by atoms with Crippen molar-refractivity contribution in [2.45, 2.75) is 6.18 Å². The number of rotatable bonds is 3. The molecule has 5 nitrogen and oxygen atoms in total. The number of hydrogen-bond acceptors (Lipinski definition) is 4. The van der Waals surface area contributed by atoms with E-state index in [0.717, 1.165) is 18.3 Å². The minimum atomic E-state index is -4.63. The number of hydrazone groups is 1. The number of nitro benzene ring substituents is 1. The van der Waals surface area contributed by atoms with Gasteiger partial charge in [0.25, 0.3) is 5.69 Å². The molecule has 17 heavy (non-hydrogen) atoms. The number of halogens is 3. The molecule has 0 amide bonds. The van der Waals surface area contributed by atoms with Gasteiger partial charge in [-0.05, 0) is 19.1 Å². The number of nitro groups is 1. The molecule has 0 aliphatic rings. The van der Waals surface area contributed by atoms with E-state index in [4.69, 9.17) is 0 Å². The highest BCUT2D eigenvalue weighted by Gasteiger charge is 2.32. The van der Waals surface area contributed by atoms with Gasteiger partial charge >= 0.3 is 6.18 Å². The smallest absolute Gasteiger partial charge is 0.272 e. The van der Waals surface area contributed by atoms with Crippen LogP contribution in [0.1, 0.15) is 5.56 Å². The van der Waals surface area contributed by atoms with E-state index in [-0.39, 0.29) is 5.69 Å². The first kappa shape index (κ1) is 12.9. The Morgan fingerprint density at radius 2 is 2.12 bits per heavy atom. The second kappa shape index (κ2) is 4.81. The summed E-state index contributed by atoms with van der Waals surface area (Å²) >= 11 is 0. The molecule has 0 aliphatic heterocycles. The lowest BCUT2D eigenvalue weighted by Crippen LogP contribution is -2.06. The van der Waals surface area contributed by atoms with Gasteiger partial charge in [0.1, 0.15) is 5.69 Å². The molecule has 8 heteroatoms. The van der Waals surface area contributed by atoms with Crippen molar-refractivity contribution in [3.63, 3.8) is 0 Å². The van der Waals surface area contributed by atoms with Gasteiger partial charge in [-0.25, -0.2) is 0 Å². The van der Waals surface area contributed by atoms with Gasteiger partial charge < -0.3 is 0 Å². The molecule has 1 rings (SSSR count). The van der Waals surface area contributed by atoms with E-state index in [2.05, 4.69) is 17.5 Å². The van der Waals surface area contributed by atoms with E-state index in [1.54, 1.807) is 0 Å². The average molecular weight is 246 g/mol. The fraction of sp³-hybridized carbons (Fsp3) is 0.111. The maximum Gasteiger partial charge on any atom is 0.416 e. The molecular formula is C9H7F3N3O2. The molecule has 0 spiro atoms. The standard InChI is InChI=1S/C9H7F3N3O2/c1-2-13-14-7-4-3-6(9(10,11)12)5-8(7)15(16)17/h2-5,14H,1H2/b13-2+. The van der Waals surface area contributed by atoms with Crippen molar-refractivity contribution in [2.24, 2.45) is 5.10 Å². The van der Waals surface area contributed by atoms with Crippen LogP contribution in [0.15, 0.2) is 23.3 Å². The molecular weight excluding hydrogens is 239 g/mol. The summed E-state index contributed by atoms with van der Waals surface area (Å²) in [5.74, 6) is 0. The third-order valence-corrected chi connectivity index (χ3v) is 1.80. The molecule has 1 aromatic carbocycles. The highest BCUT2D eigenvalue weighted by Crippen LogP contribution is 2.34. The van der Waals surface area contributed by atoms with Crippen LogP contribution in [-0.4, -0.2) is 11.1 Å². The molecule has 0 heterocycles. The van der Waals surface area contributed by atoms with Crippen molar-refractivity contribution < 1.29 is 18.1 Å². The second-order valence-electron chi connectivity index (χ2n) is 2.91. The summed E-state index contributed by atoms with van der Waals surface area (Å²) in [6, 6.07) is 2.11. The largest absolute Gasteiger partial charge is 0.416 e. The van der Waals surface area contributed by atoms with Crippen LogP contribution < -0.4 is 5.43 Å². The molecule has 1 radical (unpaired) electrons. The molecule has 1 aromatic rings. The van der Waals surface area contributed by atoms with Gasteiger partial charge in [-0.15, -0.1) is 0 Å². The Balaban J connectivity index is 3.22. The molecule has 0 unspecified atom stereocenters. The van der Waals surface area contributed by atoms with Gasteiger partial charge in [0, 0.05) is 12.3 Å². The van der Waals surface area contributed by atoms with Crippen LogP contribution in [0.25, 0.3) is 0 Å². The quantitative estimate of drug-likeness (QED) is 0.506. The zero-order valence-corrected chi connectivity index (χ0v) is 8.36. The van der Waals surface area contributed by atoms with Crippen LogP contribution in [0.2, 0.25) is 0 Å². The second-order valence-corrected chi connectivity index (χ2v) is 2.91. The number of anilines is 1. The average Bonchev–Trinajstić information content (AvgIpc) is 2.24. The van der Waals surface area contributed by atoms with E-state index in [0.29, 0.717) is 6.07 Å². The van der Waals surface area contributed by atoms with Crippen LogP contribution in [-0.2, 0) is 6.18 Å². The number of nitrogens with one attached hydrogen (secondary N) is 1. The predicted molar refractivity (Wildman–Crippen MR) is 55.6 cm³/mol. The fourth-order valence-corrected chi connectivity index (χ4v) is 1.07. The lowest BCUT2D eigenvalue weighted by molar-refractivity contribution is -0.384. The summed E-state index contributed by atoms with van der Waals surface area (Å²) < 4.78 is 37.0. The number of hydrogen-bond donors (Lipinski definition) is 1. The Hall–Kier alpha value is -2.12. The van der Waals surface area contributed by atoms with Crippen molar-refractivity contribution >= 4 is 17.6 Å². The van der Waals surface area contributed by atoms with Crippen LogP contribution in [0.4, 0.5) is 24.5 Å². The van der Waals surface area contributed by atoms with Gasteiger partial charge in [-0.1, -0.05) is 0 Å². The predicted octanol–water partition coefficient (Wildman–Crippen LogP) is 2.85. The first-order valence-corrected chi connectivity index (χ1v) is 4.28. The molecule has 0 aromatic heterocycles. The first-order valence-electron chi connectivity index (χ1n) is 4.28. The van der Waals surface area contributed by atoms with Crippen molar-refractivity contribution in [1.82, 2.24) is 0 Å². The highest BCUT2D eigenvalue weighted by molar-refractivity contribution is 5.67. The number of benzene rings is 1. The molecule has 0 aliphatic carbocycles. The van der Waals surface area contributed by atoms with Gasteiger partial charge in [0.2, 0.25) is 0 Å². The summed E-state index contributed by atoms with van der Waals surface area (Å²) in [5.41, 5.74) is 0.292. The summed E-state index contributed by atoms with van der Waals surface area (Å²) in [6.07, 6.45) is -3.56. The first-order chi connectivity index (χ1) is 7.86. The van der Waals surface area contributed by atoms with Gasteiger partial charge in [-0.2, -0.15) is 18.3 Å². The lowest BCUT2D eigenvalue weighted by Gasteiger charge is -2.08. The molecule has 0 saturated heterocycles.